The fourth-order valence-electron chi connectivity index (χ4n) is 3.80. The average Bonchev–Trinajstić information content (AvgIpc) is 2.79. The highest BCUT2D eigenvalue weighted by molar-refractivity contribution is 6.33. The fraction of sp³-hybridized carbons (Fsp3) is 0.185. The van der Waals surface area contributed by atoms with Gasteiger partial charge in [-0.3, -0.25) is 9.59 Å². The lowest BCUT2D eigenvalue weighted by molar-refractivity contribution is -0.118. The molecule has 7 heteroatoms. The monoisotopic (exact) mass is 477 g/mol. The van der Waals surface area contributed by atoms with Crippen LogP contribution >= 0.6 is 11.6 Å². The van der Waals surface area contributed by atoms with Gasteiger partial charge >= 0.3 is 0 Å². The molecule has 34 heavy (non-hydrogen) atoms. The second kappa shape index (κ2) is 10.0. The van der Waals surface area contributed by atoms with E-state index in [1.54, 1.807) is 48.5 Å². The molecule has 0 radical (unpaired) electrons. The molecule has 174 valence electrons. The van der Waals surface area contributed by atoms with Crippen LogP contribution < -0.4 is 20.2 Å². The summed E-state index contributed by atoms with van der Waals surface area (Å²) in [7, 11) is 0. The Bertz CT molecular complexity index is 1430. The van der Waals surface area contributed by atoms with Crippen LogP contribution in [0.15, 0.2) is 69.9 Å². The molecule has 0 unspecified atom stereocenters. The van der Waals surface area contributed by atoms with Gasteiger partial charge in [-0.25, -0.2) is 0 Å². The Kier molecular flexibility index (Phi) is 6.89. The lowest BCUT2D eigenvalue weighted by atomic mass is 10.0. The van der Waals surface area contributed by atoms with Gasteiger partial charge in [0.25, 0.3) is 5.91 Å². The first kappa shape index (κ1) is 23.4. The van der Waals surface area contributed by atoms with Crippen LogP contribution in [-0.4, -0.2) is 19.1 Å². The quantitative estimate of drug-likeness (QED) is 0.345. The number of carbonyl (C=O) groups excluding carboxylic acids is 1. The van der Waals surface area contributed by atoms with Crippen molar-refractivity contribution in [2.75, 3.05) is 18.5 Å². The number of fused-ring (bicyclic) bond motifs is 1. The van der Waals surface area contributed by atoms with Gasteiger partial charge in [0, 0.05) is 5.56 Å². The van der Waals surface area contributed by atoms with E-state index in [9.17, 15) is 9.59 Å². The lowest BCUT2D eigenvalue weighted by Gasteiger charge is -2.14. The van der Waals surface area contributed by atoms with Crippen molar-refractivity contribution in [3.63, 3.8) is 0 Å². The number of benzene rings is 3. The molecule has 6 nitrogen and oxygen atoms in total. The molecule has 0 aliphatic carbocycles. The topological polar surface area (TPSA) is 77.8 Å². The average molecular weight is 478 g/mol. The molecule has 1 heterocycles. The molecule has 3 aromatic carbocycles. The Morgan fingerprint density at radius 1 is 1.03 bits per heavy atom. The number of halogens is 1. The number of anilines is 1. The first-order chi connectivity index (χ1) is 16.4. The van der Waals surface area contributed by atoms with Gasteiger partial charge in [-0.05, 0) is 62.2 Å². The van der Waals surface area contributed by atoms with Gasteiger partial charge in [0.1, 0.15) is 11.3 Å². The molecular formula is C27H24ClNO5. The van der Waals surface area contributed by atoms with Crippen LogP contribution in [0.5, 0.6) is 11.5 Å². The van der Waals surface area contributed by atoms with Crippen LogP contribution in [0.3, 0.4) is 0 Å². The van der Waals surface area contributed by atoms with Crippen LogP contribution in [0.4, 0.5) is 5.69 Å². The van der Waals surface area contributed by atoms with E-state index in [2.05, 4.69) is 5.32 Å². The molecule has 1 N–H and O–H groups in total. The molecule has 0 bridgehead atoms. The van der Waals surface area contributed by atoms with E-state index in [1.165, 1.54) is 0 Å². The van der Waals surface area contributed by atoms with Gasteiger partial charge in [0.2, 0.25) is 11.2 Å². The van der Waals surface area contributed by atoms with E-state index >= 15 is 0 Å². The molecular weight excluding hydrogens is 454 g/mol. The molecule has 0 atom stereocenters. The Labute approximate surface area is 202 Å². The Morgan fingerprint density at radius 2 is 1.76 bits per heavy atom. The third kappa shape index (κ3) is 4.77. The summed E-state index contributed by atoms with van der Waals surface area (Å²) >= 11 is 6.40. The first-order valence-corrected chi connectivity index (χ1v) is 11.2. The van der Waals surface area contributed by atoms with Crippen molar-refractivity contribution in [2.24, 2.45) is 0 Å². The minimum atomic E-state index is -0.447. The van der Waals surface area contributed by atoms with Crippen LogP contribution in [0.2, 0.25) is 5.02 Å². The minimum absolute atomic E-state index is 0.0687. The standard InChI is InChI=1S/C27H24ClNO5/c1-4-32-21-12-8-7-11-20(21)29-23(30)15-33-27-25(31)24-17(3)13-16(2)14-22(24)34-26(27)18-9-5-6-10-19(18)28/h5-14H,4,15H2,1-3H3,(H,29,30). The molecule has 4 aromatic rings. The van der Waals surface area contributed by atoms with Crippen molar-refractivity contribution in [3.05, 3.63) is 87.0 Å². The second-order valence-corrected chi connectivity index (χ2v) is 8.20. The number of carbonyl (C=O) groups is 1. The van der Waals surface area contributed by atoms with E-state index in [1.807, 2.05) is 32.9 Å². The fourth-order valence-corrected chi connectivity index (χ4v) is 4.02. The van der Waals surface area contributed by atoms with E-state index < -0.39 is 12.5 Å². The van der Waals surface area contributed by atoms with Crippen molar-refractivity contribution in [3.8, 4) is 22.8 Å². The Balaban J connectivity index is 1.72. The summed E-state index contributed by atoms with van der Waals surface area (Å²) < 4.78 is 17.5. The molecule has 0 saturated carbocycles. The van der Waals surface area contributed by atoms with Crippen LogP contribution in [0, 0.1) is 13.8 Å². The van der Waals surface area contributed by atoms with Gasteiger partial charge in [-0.2, -0.15) is 0 Å². The summed E-state index contributed by atoms with van der Waals surface area (Å²) in [6.45, 7) is 5.68. The largest absolute Gasteiger partial charge is 0.492 e. The van der Waals surface area contributed by atoms with Gasteiger partial charge in [0.05, 0.1) is 22.7 Å². The Hall–Kier alpha value is -3.77. The number of aryl methyl sites for hydroxylation is 2. The van der Waals surface area contributed by atoms with E-state index in [4.69, 9.17) is 25.5 Å². The van der Waals surface area contributed by atoms with Crippen molar-refractivity contribution in [1.29, 1.82) is 0 Å². The third-order valence-electron chi connectivity index (χ3n) is 5.22. The number of nitrogens with one attached hydrogen (secondary N) is 1. The summed E-state index contributed by atoms with van der Waals surface area (Å²) in [5, 5.41) is 3.56. The van der Waals surface area contributed by atoms with Crippen molar-refractivity contribution in [1.82, 2.24) is 0 Å². The normalized spacial score (nSPS) is 10.8. The molecule has 0 saturated heterocycles. The summed E-state index contributed by atoms with van der Waals surface area (Å²) in [5.41, 5.74) is 2.80. The van der Waals surface area contributed by atoms with E-state index in [0.717, 1.165) is 11.1 Å². The van der Waals surface area contributed by atoms with Crippen molar-refractivity contribution in [2.45, 2.75) is 20.8 Å². The maximum Gasteiger partial charge on any atom is 0.262 e. The predicted molar refractivity (Wildman–Crippen MR) is 134 cm³/mol. The zero-order valence-electron chi connectivity index (χ0n) is 19.1. The van der Waals surface area contributed by atoms with Crippen LogP contribution in [0.25, 0.3) is 22.3 Å². The highest BCUT2D eigenvalue weighted by Gasteiger charge is 2.22. The molecule has 4 rings (SSSR count). The van der Waals surface area contributed by atoms with E-state index in [0.29, 0.717) is 39.6 Å². The predicted octanol–water partition coefficient (Wildman–Crippen LogP) is 6.15. The zero-order chi connectivity index (χ0) is 24.2. The maximum absolute atomic E-state index is 13.5. The smallest absolute Gasteiger partial charge is 0.262 e. The summed E-state index contributed by atoms with van der Waals surface area (Å²) in [5.74, 6) is 0.208. The summed E-state index contributed by atoms with van der Waals surface area (Å²) in [6.07, 6.45) is 0. The molecule has 0 aliphatic rings. The highest BCUT2D eigenvalue weighted by atomic mass is 35.5. The van der Waals surface area contributed by atoms with Crippen LogP contribution in [-0.2, 0) is 4.79 Å². The summed E-state index contributed by atoms with van der Waals surface area (Å²) in [4.78, 5) is 26.2. The number of rotatable bonds is 7. The van der Waals surface area contributed by atoms with Crippen molar-refractivity contribution < 1.29 is 18.7 Å². The molecule has 1 aromatic heterocycles. The zero-order valence-corrected chi connectivity index (χ0v) is 19.9. The van der Waals surface area contributed by atoms with Gasteiger partial charge in [-0.1, -0.05) is 41.9 Å². The van der Waals surface area contributed by atoms with Crippen LogP contribution in [0.1, 0.15) is 18.1 Å². The minimum Gasteiger partial charge on any atom is -0.492 e. The molecule has 0 fully saturated rings. The molecule has 0 aliphatic heterocycles. The number of para-hydroxylation sites is 2. The number of hydrogen-bond donors (Lipinski definition) is 1. The lowest BCUT2D eigenvalue weighted by Crippen LogP contribution is -2.23. The number of amides is 1. The van der Waals surface area contributed by atoms with Gasteiger partial charge in [0.15, 0.2) is 12.4 Å². The van der Waals surface area contributed by atoms with E-state index in [-0.39, 0.29) is 16.9 Å². The molecule has 1 amide bonds. The third-order valence-corrected chi connectivity index (χ3v) is 5.55. The number of hydrogen-bond acceptors (Lipinski definition) is 5. The Morgan fingerprint density at radius 3 is 2.53 bits per heavy atom. The highest BCUT2D eigenvalue weighted by Crippen LogP contribution is 2.36. The van der Waals surface area contributed by atoms with Crippen molar-refractivity contribution >= 4 is 34.2 Å². The number of ether oxygens (including phenoxy) is 2. The molecule has 0 spiro atoms. The SMILES string of the molecule is CCOc1ccccc1NC(=O)COc1c(-c2ccccc2Cl)oc2cc(C)cc(C)c2c1=O. The maximum atomic E-state index is 13.5. The first-order valence-electron chi connectivity index (χ1n) is 10.9. The van der Waals surface area contributed by atoms with Gasteiger partial charge in [-0.15, -0.1) is 0 Å². The van der Waals surface area contributed by atoms with Gasteiger partial charge < -0.3 is 19.2 Å². The summed E-state index contributed by atoms with van der Waals surface area (Å²) in [6, 6.07) is 17.8. The second-order valence-electron chi connectivity index (χ2n) is 7.79.